The number of hydrogen-bond donors (Lipinski definition) is 1. The van der Waals surface area contributed by atoms with Crippen molar-refractivity contribution in [3.63, 3.8) is 0 Å². The van der Waals surface area contributed by atoms with E-state index in [9.17, 15) is 8.42 Å². The highest BCUT2D eigenvalue weighted by atomic mass is 32.2. The van der Waals surface area contributed by atoms with Gasteiger partial charge in [0.25, 0.3) is 0 Å². The molecule has 3 nitrogen and oxygen atoms in total. The highest BCUT2D eigenvalue weighted by Gasteiger charge is 2.21. The second kappa shape index (κ2) is 4.77. The first-order valence-corrected chi connectivity index (χ1v) is 6.56. The summed E-state index contributed by atoms with van der Waals surface area (Å²) >= 11 is 0. The third-order valence-corrected chi connectivity index (χ3v) is 4.57. The summed E-state index contributed by atoms with van der Waals surface area (Å²) in [4.78, 5) is 0.422. The molecule has 0 radical (unpaired) electrons. The highest BCUT2D eigenvalue weighted by Crippen LogP contribution is 2.20. The molecule has 2 N–H and O–H groups in total. The highest BCUT2D eigenvalue weighted by molar-refractivity contribution is 7.92. The summed E-state index contributed by atoms with van der Waals surface area (Å²) < 4.78 is 24.0. The van der Waals surface area contributed by atoms with E-state index < -0.39 is 15.1 Å². The first-order valence-electron chi connectivity index (χ1n) is 5.02. The first-order chi connectivity index (χ1) is 7.00. The van der Waals surface area contributed by atoms with Crippen LogP contribution in [0.4, 0.5) is 0 Å². The lowest BCUT2D eigenvalue weighted by atomic mass is 10.1. The van der Waals surface area contributed by atoms with E-state index in [0.717, 1.165) is 5.56 Å². The zero-order valence-electron chi connectivity index (χ0n) is 9.10. The molecule has 0 aromatic heterocycles. The molecule has 0 aliphatic rings. The second-order valence-corrected chi connectivity index (χ2v) is 6.21. The van der Waals surface area contributed by atoms with Crippen LogP contribution in [0.25, 0.3) is 0 Å². The fourth-order valence-corrected chi connectivity index (χ4v) is 2.71. The Morgan fingerprint density at radius 1 is 1.27 bits per heavy atom. The van der Waals surface area contributed by atoms with Gasteiger partial charge in [0.15, 0.2) is 9.84 Å². The molecule has 1 aromatic rings. The van der Waals surface area contributed by atoms with E-state index >= 15 is 0 Å². The molecule has 4 heteroatoms. The Labute approximate surface area is 91.2 Å². The van der Waals surface area contributed by atoms with Crippen molar-refractivity contribution in [1.82, 2.24) is 0 Å². The van der Waals surface area contributed by atoms with Crippen LogP contribution in [-0.2, 0) is 16.3 Å². The Kier molecular flexibility index (Phi) is 3.88. The van der Waals surface area contributed by atoms with Crippen LogP contribution in [-0.4, -0.2) is 20.2 Å². The van der Waals surface area contributed by atoms with E-state index in [1.54, 1.807) is 26.0 Å². The van der Waals surface area contributed by atoms with Crippen LogP contribution in [0.15, 0.2) is 29.2 Å². The topological polar surface area (TPSA) is 60.2 Å². The van der Waals surface area contributed by atoms with Gasteiger partial charge in [-0.1, -0.05) is 18.2 Å². The van der Waals surface area contributed by atoms with Crippen LogP contribution in [0, 0.1) is 0 Å². The van der Waals surface area contributed by atoms with Crippen molar-refractivity contribution in [2.24, 2.45) is 5.73 Å². The first kappa shape index (κ1) is 12.2. The van der Waals surface area contributed by atoms with Crippen LogP contribution in [0.5, 0.6) is 0 Å². The third kappa shape index (κ3) is 2.58. The van der Waals surface area contributed by atoms with Crippen LogP contribution in [0.2, 0.25) is 0 Å². The predicted octanol–water partition coefficient (Wildman–Crippen LogP) is 1.37. The van der Waals surface area contributed by atoms with E-state index in [1.807, 2.05) is 12.1 Å². The van der Waals surface area contributed by atoms with Crippen molar-refractivity contribution in [1.29, 1.82) is 0 Å². The molecular weight excluding hydrogens is 210 g/mol. The smallest absolute Gasteiger partial charge is 0.180 e. The standard InChI is InChI=1S/C11H17NO2S/c1-9(2)15(13,14)11-6-4-3-5-10(11)7-8-12/h3-6,9H,7-8,12H2,1-2H3. The van der Waals surface area contributed by atoms with Crippen molar-refractivity contribution in [3.05, 3.63) is 29.8 Å². The molecule has 0 fully saturated rings. The molecule has 15 heavy (non-hydrogen) atoms. The van der Waals surface area contributed by atoms with Crippen molar-refractivity contribution in [3.8, 4) is 0 Å². The number of sulfone groups is 1. The summed E-state index contributed by atoms with van der Waals surface area (Å²) in [7, 11) is -3.19. The van der Waals surface area contributed by atoms with Crippen molar-refractivity contribution < 1.29 is 8.42 Å². The summed E-state index contributed by atoms with van der Waals surface area (Å²) in [6.45, 7) is 3.84. The zero-order valence-corrected chi connectivity index (χ0v) is 9.92. The fraction of sp³-hybridized carbons (Fsp3) is 0.455. The van der Waals surface area contributed by atoms with Crippen LogP contribution >= 0.6 is 0 Å². The van der Waals surface area contributed by atoms with E-state index in [1.165, 1.54) is 0 Å². The van der Waals surface area contributed by atoms with Gasteiger partial charge in [-0.05, 0) is 38.4 Å². The van der Waals surface area contributed by atoms with E-state index in [4.69, 9.17) is 5.73 Å². The van der Waals surface area contributed by atoms with Gasteiger partial charge >= 0.3 is 0 Å². The molecule has 1 aromatic carbocycles. The number of hydrogen-bond acceptors (Lipinski definition) is 3. The van der Waals surface area contributed by atoms with Crippen LogP contribution in [0.1, 0.15) is 19.4 Å². The van der Waals surface area contributed by atoms with Gasteiger partial charge in [-0.3, -0.25) is 0 Å². The average molecular weight is 227 g/mol. The molecule has 84 valence electrons. The van der Waals surface area contributed by atoms with Gasteiger partial charge in [0, 0.05) is 0 Å². The van der Waals surface area contributed by atoms with E-state index in [-0.39, 0.29) is 0 Å². The van der Waals surface area contributed by atoms with Crippen molar-refractivity contribution in [2.45, 2.75) is 30.4 Å². The van der Waals surface area contributed by atoms with Gasteiger partial charge in [0.2, 0.25) is 0 Å². The minimum absolute atomic E-state index is 0.392. The minimum Gasteiger partial charge on any atom is -0.330 e. The molecule has 0 unspecified atom stereocenters. The molecule has 0 amide bonds. The summed E-state index contributed by atoms with van der Waals surface area (Å²) in [6, 6.07) is 7.06. The number of rotatable bonds is 4. The molecule has 0 heterocycles. The second-order valence-electron chi connectivity index (χ2n) is 3.74. The van der Waals surface area contributed by atoms with Gasteiger partial charge < -0.3 is 5.73 Å². The van der Waals surface area contributed by atoms with Gasteiger partial charge in [-0.25, -0.2) is 8.42 Å². The third-order valence-electron chi connectivity index (χ3n) is 2.31. The zero-order chi connectivity index (χ0) is 11.5. The Morgan fingerprint density at radius 2 is 1.87 bits per heavy atom. The summed E-state index contributed by atoms with van der Waals surface area (Å²) in [5.41, 5.74) is 6.27. The molecule has 1 rings (SSSR count). The normalized spacial score (nSPS) is 12.0. The molecule has 0 saturated carbocycles. The van der Waals surface area contributed by atoms with E-state index in [2.05, 4.69) is 0 Å². The van der Waals surface area contributed by atoms with Gasteiger partial charge in [0.1, 0.15) is 0 Å². The lowest BCUT2D eigenvalue weighted by Crippen LogP contribution is -2.17. The van der Waals surface area contributed by atoms with Crippen molar-refractivity contribution >= 4 is 9.84 Å². The van der Waals surface area contributed by atoms with Gasteiger partial charge in [-0.2, -0.15) is 0 Å². The molecule has 0 saturated heterocycles. The van der Waals surface area contributed by atoms with Crippen LogP contribution < -0.4 is 5.73 Å². The lowest BCUT2D eigenvalue weighted by Gasteiger charge is -2.12. The summed E-state index contributed by atoms with van der Waals surface area (Å²) in [5, 5.41) is -0.392. The Hall–Kier alpha value is -0.870. The van der Waals surface area contributed by atoms with Gasteiger partial charge in [0.05, 0.1) is 10.1 Å². The van der Waals surface area contributed by atoms with E-state index in [0.29, 0.717) is 17.9 Å². The Morgan fingerprint density at radius 3 is 2.40 bits per heavy atom. The molecule has 0 atom stereocenters. The molecule has 0 aliphatic carbocycles. The minimum atomic E-state index is -3.19. The maximum Gasteiger partial charge on any atom is 0.180 e. The maximum absolute atomic E-state index is 12.0. The molecule has 0 bridgehead atoms. The Bertz CT molecular complexity index is 424. The van der Waals surface area contributed by atoms with Crippen LogP contribution in [0.3, 0.4) is 0 Å². The summed E-state index contributed by atoms with van der Waals surface area (Å²) in [6.07, 6.45) is 0.599. The predicted molar refractivity (Wildman–Crippen MR) is 61.5 cm³/mol. The monoisotopic (exact) mass is 227 g/mol. The Balaban J connectivity index is 3.25. The quantitative estimate of drug-likeness (QED) is 0.845. The van der Waals surface area contributed by atoms with Crippen molar-refractivity contribution in [2.75, 3.05) is 6.54 Å². The maximum atomic E-state index is 12.0. The number of nitrogens with two attached hydrogens (primary N) is 1. The fourth-order valence-electron chi connectivity index (χ4n) is 1.40. The van der Waals surface area contributed by atoms with Gasteiger partial charge in [-0.15, -0.1) is 0 Å². The average Bonchev–Trinajstić information content (AvgIpc) is 2.18. The summed E-state index contributed by atoms with van der Waals surface area (Å²) in [5.74, 6) is 0. The lowest BCUT2D eigenvalue weighted by molar-refractivity contribution is 0.586. The molecular formula is C11H17NO2S. The molecule has 0 aliphatic heterocycles. The SMILES string of the molecule is CC(C)S(=O)(=O)c1ccccc1CCN. The number of benzene rings is 1. The largest absolute Gasteiger partial charge is 0.330 e. The molecule has 0 spiro atoms.